The SMILES string of the molecule is Cc1cc2c(Cl)c(Cl)ccc2cn1. The third-order valence-corrected chi connectivity index (χ3v) is 2.75. The summed E-state index contributed by atoms with van der Waals surface area (Å²) in [7, 11) is 0. The van der Waals surface area contributed by atoms with Gasteiger partial charge in [-0.1, -0.05) is 29.3 Å². The molecule has 1 aromatic heterocycles. The van der Waals surface area contributed by atoms with E-state index in [4.69, 9.17) is 23.2 Å². The van der Waals surface area contributed by atoms with Crippen LogP contribution in [-0.4, -0.2) is 4.98 Å². The Hall–Kier alpha value is -0.790. The number of hydrogen-bond donors (Lipinski definition) is 0. The fourth-order valence-electron chi connectivity index (χ4n) is 1.26. The predicted molar refractivity (Wildman–Crippen MR) is 56.5 cm³/mol. The third-order valence-electron chi connectivity index (χ3n) is 1.93. The van der Waals surface area contributed by atoms with E-state index in [9.17, 15) is 0 Å². The zero-order valence-corrected chi connectivity index (χ0v) is 8.52. The minimum atomic E-state index is 0.583. The highest BCUT2D eigenvalue weighted by Crippen LogP contribution is 2.30. The van der Waals surface area contributed by atoms with E-state index in [2.05, 4.69) is 4.98 Å². The molecule has 2 rings (SSSR count). The molecule has 0 radical (unpaired) electrons. The molecule has 0 fully saturated rings. The summed E-state index contributed by atoms with van der Waals surface area (Å²) < 4.78 is 0. The van der Waals surface area contributed by atoms with Crippen LogP contribution in [-0.2, 0) is 0 Å². The number of hydrogen-bond acceptors (Lipinski definition) is 1. The molecule has 1 aromatic carbocycles. The van der Waals surface area contributed by atoms with E-state index in [0.29, 0.717) is 10.0 Å². The molecule has 0 unspecified atom stereocenters. The molecule has 0 saturated carbocycles. The summed E-state index contributed by atoms with van der Waals surface area (Å²) in [5.74, 6) is 0. The summed E-state index contributed by atoms with van der Waals surface area (Å²) in [5.41, 5.74) is 0.941. The first-order chi connectivity index (χ1) is 6.18. The van der Waals surface area contributed by atoms with Crippen molar-refractivity contribution >= 4 is 34.0 Å². The van der Waals surface area contributed by atoms with Crippen LogP contribution in [0.1, 0.15) is 5.69 Å². The molecule has 0 atom stereocenters. The Balaban J connectivity index is 2.89. The number of pyridine rings is 1. The first-order valence-electron chi connectivity index (χ1n) is 3.89. The predicted octanol–water partition coefficient (Wildman–Crippen LogP) is 3.85. The molecule has 0 aliphatic rings. The van der Waals surface area contributed by atoms with Gasteiger partial charge >= 0.3 is 0 Å². The molecule has 0 bridgehead atoms. The molecule has 0 N–H and O–H groups in total. The maximum Gasteiger partial charge on any atom is 0.0671 e. The highest BCUT2D eigenvalue weighted by Gasteiger charge is 2.03. The fraction of sp³-hybridized carbons (Fsp3) is 0.100. The summed E-state index contributed by atoms with van der Waals surface area (Å²) in [6.45, 7) is 1.93. The maximum absolute atomic E-state index is 6.04. The molecule has 1 heterocycles. The smallest absolute Gasteiger partial charge is 0.0671 e. The lowest BCUT2D eigenvalue weighted by Gasteiger charge is -2.02. The van der Waals surface area contributed by atoms with Crippen LogP contribution in [0, 0.1) is 6.92 Å². The van der Waals surface area contributed by atoms with Gasteiger partial charge in [-0.05, 0) is 19.1 Å². The number of benzene rings is 1. The van der Waals surface area contributed by atoms with Crippen molar-refractivity contribution in [3.05, 3.63) is 40.1 Å². The topological polar surface area (TPSA) is 12.9 Å². The van der Waals surface area contributed by atoms with Gasteiger partial charge in [0.2, 0.25) is 0 Å². The largest absolute Gasteiger partial charge is 0.261 e. The van der Waals surface area contributed by atoms with Crippen LogP contribution in [0.4, 0.5) is 0 Å². The van der Waals surface area contributed by atoms with E-state index >= 15 is 0 Å². The van der Waals surface area contributed by atoms with Crippen LogP contribution in [0.15, 0.2) is 24.4 Å². The second-order valence-corrected chi connectivity index (χ2v) is 3.69. The lowest BCUT2D eigenvalue weighted by molar-refractivity contribution is 1.22. The van der Waals surface area contributed by atoms with Crippen molar-refractivity contribution in [1.29, 1.82) is 0 Å². The molecular formula is C10H7Cl2N. The molecule has 0 saturated heterocycles. The van der Waals surface area contributed by atoms with Crippen LogP contribution >= 0.6 is 23.2 Å². The van der Waals surface area contributed by atoms with Crippen molar-refractivity contribution < 1.29 is 0 Å². The van der Waals surface area contributed by atoms with Gasteiger partial charge in [0, 0.05) is 22.7 Å². The first kappa shape index (κ1) is 8.79. The minimum Gasteiger partial charge on any atom is -0.261 e. The van der Waals surface area contributed by atoms with Crippen LogP contribution in [0.5, 0.6) is 0 Å². The van der Waals surface area contributed by atoms with Crippen molar-refractivity contribution in [2.75, 3.05) is 0 Å². The average Bonchev–Trinajstić information content (AvgIpc) is 2.12. The molecule has 3 heteroatoms. The summed E-state index contributed by atoms with van der Waals surface area (Å²) in [6, 6.07) is 5.63. The Bertz CT molecular complexity index is 460. The highest BCUT2D eigenvalue weighted by atomic mass is 35.5. The number of rotatable bonds is 0. The first-order valence-corrected chi connectivity index (χ1v) is 4.64. The molecule has 13 heavy (non-hydrogen) atoms. The molecule has 0 aliphatic heterocycles. The number of fused-ring (bicyclic) bond motifs is 1. The van der Waals surface area contributed by atoms with E-state index in [0.717, 1.165) is 16.5 Å². The zero-order chi connectivity index (χ0) is 9.42. The number of halogens is 2. The minimum absolute atomic E-state index is 0.583. The summed E-state index contributed by atoms with van der Waals surface area (Å²) in [6.07, 6.45) is 1.80. The highest BCUT2D eigenvalue weighted by molar-refractivity contribution is 6.45. The average molecular weight is 212 g/mol. The Morgan fingerprint density at radius 3 is 2.77 bits per heavy atom. The summed E-state index contributed by atoms with van der Waals surface area (Å²) >= 11 is 11.9. The normalized spacial score (nSPS) is 10.7. The van der Waals surface area contributed by atoms with Gasteiger partial charge in [0.05, 0.1) is 10.0 Å². The van der Waals surface area contributed by atoms with Crippen LogP contribution < -0.4 is 0 Å². The summed E-state index contributed by atoms with van der Waals surface area (Å²) in [5, 5.41) is 3.16. The van der Waals surface area contributed by atoms with E-state index < -0.39 is 0 Å². The Labute approximate surface area is 86.3 Å². The fourth-order valence-corrected chi connectivity index (χ4v) is 1.65. The summed E-state index contributed by atoms with van der Waals surface area (Å²) in [4.78, 5) is 4.18. The molecule has 66 valence electrons. The number of aromatic nitrogens is 1. The van der Waals surface area contributed by atoms with Crippen molar-refractivity contribution in [1.82, 2.24) is 4.98 Å². The van der Waals surface area contributed by atoms with E-state index in [1.165, 1.54) is 0 Å². The Morgan fingerprint density at radius 2 is 2.00 bits per heavy atom. The van der Waals surface area contributed by atoms with Crippen LogP contribution in [0.25, 0.3) is 10.8 Å². The van der Waals surface area contributed by atoms with Gasteiger partial charge in [0.15, 0.2) is 0 Å². The van der Waals surface area contributed by atoms with Crippen molar-refractivity contribution in [3.63, 3.8) is 0 Å². The molecular weight excluding hydrogens is 205 g/mol. The molecule has 0 aliphatic carbocycles. The van der Waals surface area contributed by atoms with Crippen LogP contribution in [0.2, 0.25) is 10.0 Å². The van der Waals surface area contributed by atoms with Gasteiger partial charge in [0.1, 0.15) is 0 Å². The monoisotopic (exact) mass is 211 g/mol. The molecule has 1 nitrogen and oxygen atoms in total. The molecule has 0 spiro atoms. The molecule has 2 aromatic rings. The second-order valence-electron chi connectivity index (χ2n) is 2.91. The van der Waals surface area contributed by atoms with Crippen molar-refractivity contribution in [2.45, 2.75) is 6.92 Å². The lowest BCUT2D eigenvalue weighted by atomic mass is 10.1. The Kier molecular flexibility index (Phi) is 2.14. The second kappa shape index (κ2) is 3.17. The van der Waals surface area contributed by atoms with Gasteiger partial charge in [-0.15, -0.1) is 0 Å². The van der Waals surface area contributed by atoms with Crippen molar-refractivity contribution in [2.24, 2.45) is 0 Å². The van der Waals surface area contributed by atoms with Gasteiger partial charge in [0.25, 0.3) is 0 Å². The third kappa shape index (κ3) is 1.50. The van der Waals surface area contributed by atoms with Gasteiger partial charge in [-0.3, -0.25) is 4.98 Å². The van der Waals surface area contributed by atoms with Gasteiger partial charge in [-0.25, -0.2) is 0 Å². The van der Waals surface area contributed by atoms with Crippen molar-refractivity contribution in [3.8, 4) is 0 Å². The van der Waals surface area contributed by atoms with Crippen LogP contribution in [0.3, 0.4) is 0 Å². The number of aryl methyl sites for hydroxylation is 1. The molecule has 0 amide bonds. The number of nitrogens with zero attached hydrogens (tertiary/aromatic N) is 1. The Morgan fingerprint density at radius 1 is 1.23 bits per heavy atom. The van der Waals surface area contributed by atoms with Gasteiger partial charge < -0.3 is 0 Å². The van der Waals surface area contributed by atoms with E-state index in [1.54, 1.807) is 12.3 Å². The van der Waals surface area contributed by atoms with E-state index in [1.807, 2.05) is 19.1 Å². The quantitative estimate of drug-likeness (QED) is 0.646. The van der Waals surface area contributed by atoms with Gasteiger partial charge in [-0.2, -0.15) is 0 Å². The lowest BCUT2D eigenvalue weighted by Crippen LogP contribution is -1.82. The maximum atomic E-state index is 6.04. The van der Waals surface area contributed by atoms with E-state index in [-0.39, 0.29) is 0 Å². The standard InChI is InChI=1S/C10H7Cl2N/c1-6-4-8-7(5-13-6)2-3-9(11)10(8)12/h2-5H,1H3. The zero-order valence-electron chi connectivity index (χ0n) is 7.01.